The summed E-state index contributed by atoms with van der Waals surface area (Å²) in [5.41, 5.74) is 13.1. The molecule has 3 heterocycles. The number of aliphatic hydroxyl groups excluding tert-OH is 1. The highest BCUT2D eigenvalue weighted by molar-refractivity contribution is 7.66. The van der Waals surface area contributed by atoms with Crippen LogP contribution in [0.2, 0.25) is 0 Å². The van der Waals surface area contributed by atoms with Gasteiger partial charge in [-0.2, -0.15) is 13.6 Å². The number of aromatic nitrogens is 4. The molecule has 0 aliphatic carbocycles. The summed E-state index contributed by atoms with van der Waals surface area (Å²) in [5, 5.41) is 13.6. The molecule has 1 aliphatic rings. The van der Waals surface area contributed by atoms with Crippen molar-refractivity contribution in [2.75, 3.05) is 12.3 Å². The lowest BCUT2D eigenvalue weighted by molar-refractivity contribution is -0.0417. The first-order valence-electron chi connectivity index (χ1n) is 8.55. The predicted molar refractivity (Wildman–Crippen MR) is 106 cm³/mol. The fourth-order valence-electron chi connectivity index (χ4n) is 2.86. The first-order valence-corrected chi connectivity index (χ1v) is 13.1. The van der Waals surface area contributed by atoms with Gasteiger partial charge in [-0.3, -0.25) is 18.9 Å². The number of phosphoric acid groups is 3. The number of hydrogen-bond acceptors (Lipinski definition) is 13. The molecule has 8 N–H and O–H groups in total. The molecule has 21 nitrogen and oxygen atoms in total. The summed E-state index contributed by atoms with van der Waals surface area (Å²) in [5.74, 6) is -0.694. The monoisotopic (exact) mass is 548 g/mol. The van der Waals surface area contributed by atoms with Gasteiger partial charge in [0.25, 0.3) is 5.56 Å². The number of rotatable bonds is 9. The number of fused-ring (bicyclic) bond motifs is 1. The Morgan fingerprint density at radius 1 is 1.24 bits per heavy atom. The van der Waals surface area contributed by atoms with E-state index in [1.54, 1.807) is 0 Å². The number of H-pyrrole nitrogens is 1. The van der Waals surface area contributed by atoms with E-state index in [0.717, 1.165) is 4.57 Å². The van der Waals surface area contributed by atoms with Crippen LogP contribution in [-0.4, -0.2) is 63.0 Å². The molecule has 34 heavy (non-hydrogen) atoms. The molecule has 2 unspecified atom stereocenters. The number of hydrogen-bond donors (Lipinski definition) is 7. The third kappa shape index (κ3) is 6.26. The van der Waals surface area contributed by atoms with E-state index in [4.69, 9.17) is 30.7 Å². The van der Waals surface area contributed by atoms with Gasteiger partial charge in [-0.25, -0.2) is 18.7 Å². The summed E-state index contributed by atoms with van der Waals surface area (Å²) in [4.78, 5) is 60.3. The molecule has 1 aliphatic heterocycles. The number of anilines is 1. The van der Waals surface area contributed by atoms with Crippen LogP contribution in [0.4, 0.5) is 11.9 Å². The second-order valence-electron chi connectivity index (χ2n) is 6.41. The minimum absolute atomic E-state index is 0.172. The van der Waals surface area contributed by atoms with E-state index in [1.165, 1.54) is 0 Å². The van der Waals surface area contributed by atoms with Crippen LogP contribution in [0.15, 0.2) is 9.91 Å². The molecule has 5 atom stereocenters. The Hall–Kier alpha value is -2.21. The molecule has 1 saturated heterocycles. The fraction of sp³-hybridized carbons (Fsp3) is 0.500. The lowest BCUT2D eigenvalue weighted by atomic mass is 10.2. The zero-order chi connectivity index (χ0) is 25.5. The molecule has 1 fully saturated rings. The number of nitrogens with two attached hydrogens (primary N) is 1. The highest BCUT2D eigenvalue weighted by atomic mass is 31.3. The Morgan fingerprint density at radius 2 is 1.91 bits per heavy atom. The van der Waals surface area contributed by atoms with Crippen molar-refractivity contribution in [3.63, 3.8) is 0 Å². The quantitative estimate of drug-likeness (QED) is 0.0909. The topological polar surface area (TPSA) is 328 Å². The maximum absolute atomic E-state index is 12.1. The van der Waals surface area contributed by atoms with Gasteiger partial charge in [-0.05, 0) is 10.6 Å². The molecule has 0 aromatic carbocycles. The standard InChI is InChI=1S/C10H15N8O13P3/c11-9-14-7-6(8(20)15-9)13-10(16-17-12)18(7)5-1-3(19)4(29-5)2-28-33(24,25)31-34(26,27)30-32(21,22)23/h3-5,19H,1-2H2,(H,24,25)(H,26,27)(H2,21,22,23)(H3,11,14,15,20)/t3-,4+,5+/m1/s1. The largest absolute Gasteiger partial charge is 0.490 e. The van der Waals surface area contributed by atoms with E-state index >= 15 is 0 Å². The molecular weight excluding hydrogens is 533 g/mol. The fourth-order valence-corrected chi connectivity index (χ4v) is 5.89. The Kier molecular flexibility index (Phi) is 7.33. The number of aromatic amines is 1. The molecule has 0 radical (unpaired) electrons. The summed E-state index contributed by atoms with van der Waals surface area (Å²) in [7, 11) is -16.8. The van der Waals surface area contributed by atoms with Crippen LogP contribution in [0.5, 0.6) is 0 Å². The van der Waals surface area contributed by atoms with Gasteiger partial charge in [-0.1, -0.05) is 0 Å². The summed E-state index contributed by atoms with van der Waals surface area (Å²) < 4.78 is 52.0. The van der Waals surface area contributed by atoms with Crippen LogP contribution in [0.1, 0.15) is 12.6 Å². The maximum atomic E-state index is 12.1. The number of imidazole rings is 1. The highest BCUT2D eigenvalue weighted by Crippen LogP contribution is 2.66. The van der Waals surface area contributed by atoms with Gasteiger partial charge < -0.3 is 35.2 Å². The van der Waals surface area contributed by atoms with Gasteiger partial charge in [-0.15, -0.1) is 0 Å². The molecule has 2 aromatic rings. The molecule has 0 saturated carbocycles. The maximum Gasteiger partial charge on any atom is 0.490 e. The molecule has 24 heteroatoms. The van der Waals surface area contributed by atoms with E-state index in [0.29, 0.717) is 0 Å². The predicted octanol–water partition coefficient (Wildman–Crippen LogP) is -0.365. The van der Waals surface area contributed by atoms with Gasteiger partial charge in [0.05, 0.1) is 12.7 Å². The highest BCUT2D eigenvalue weighted by Gasteiger charge is 2.43. The summed E-state index contributed by atoms with van der Waals surface area (Å²) in [6, 6.07) is 0. The van der Waals surface area contributed by atoms with Gasteiger partial charge in [0.2, 0.25) is 11.9 Å². The third-order valence-electron chi connectivity index (χ3n) is 3.99. The van der Waals surface area contributed by atoms with Crippen LogP contribution in [0.25, 0.3) is 21.6 Å². The lowest BCUT2D eigenvalue weighted by Gasteiger charge is -2.19. The molecule has 0 bridgehead atoms. The molecule has 0 amide bonds. The van der Waals surface area contributed by atoms with Crippen LogP contribution in [0.3, 0.4) is 0 Å². The van der Waals surface area contributed by atoms with Crippen molar-refractivity contribution in [2.45, 2.75) is 24.9 Å². The van der Waals surface area contributed by atoms with Crippen LogP contribution >= 0.6 is 23.5 Å². The Balaban J connectivity index is 1.78. The minimum Gasteiger partial charge on any atom is -0.390 e. The van der Waals surface area contributed by atoms with E-state index in [-0.39, 0.29) is 29.5 Å². The van der Waals surface area contributed by atoms with Gasteiger partial charge >= 0.3 is 23.5 Å². The zero-order valence-corrected chi connectivity index (χ0v) is 18.9. The third-order valence-corrected chi connectivity index (χ3v) is 7.80. The van der Waals surface area contributed by atoms with Crippen molar-refractivity contribution in [2.24, 2.45) is 5.11 Å². The number of nitrogens with one attached hydrogen (secondary N) is 1. The first kappa shape index (κ1) is 26.4. The summed E-state index contributed by atoms with van der Waals surface area (Å²) in [6.45, 7) is -0.943. The minimum atomic E-state index is -5.73. The van der Waals surface area contributed by atoms with Crippen molar-refractivity contribution in [3.05, 3.63) is 20.8 Å². The number of ether oxygens (including phenoxy) is 1. The van der Waals surface area contributed by atoms with Crippen molar-refractivity contribution in [3.8, 4) is 0 Å². The van der Waals surface area contributed by atoms with Crippen LogP contribution in [0, 0.1) is 0 Å². The number of nitrogens with zero attached hydrogens (tertiary/aromatic N) is 6. The average Bonchev–Trinajstić information content (AvgIpc) is 3.17. The number of azide groups is 1. The SMILES string of the molecule is [N-]=[N+]=Nc1nc2c(=O)[nH]c(N)nc2n1[C@@H]1C[C@@H](O)[C@H](COP(=O)(O)OP(=O)(O)OP(=O)(O)O)O1. The second kappa shape index (κ2) is 9.44. The zero-order valence-electron chi connectivity index (χ0n) is 16.3. The molecule has 3 rings (SSSR count). The number of phosphoric ester groups is 1. The van der Waals surface area contributed by atoms with E-state index in [9.17, 15) is 28.5 Å². The number of nitrogen functional groups attached to an aromatic ring is 1. The van der Waals surface area contributed by atoms with Gasteiger partial charge in [0.1, 0.15) is 12.3 Å². The molecular formula is C10H15N8O13P3. The Labute approximate surface area is 186 Å². The Morgan fingerprint density at radius 3 is 2.53 bits per heavy atom. The molecule has 0 spiro atoms. The average molecular weight is 548 g/mol. The van der Waals surface area contributed by atoms with E-state index < -0.39 is 54.1 Å². The van der Waals surface area contributed by atoms with Gasteiger partial charge in [0, 0.05) is 11.3 Å². The first-order chi connectivity index (χ1) is 15.6. The molecule has 2 aromatic heterocycles. The smallest absolute Gasteiger partial charge is 0.390 e. The second-order valence-corrected chi connectivity index (χ2v) is 10.8. The number of aliphatic hydroxyl groups is 1. The van der Waals surface area contributed by atoms with E-state index in [2.05, 4.69) is 38.1 Å². The summed E-state index contributed by atoms with van der Waals surface area (Å²) in [6.07, 6.45) is -4.28. The van der Waals surface area contributed by atoms with Crippen molar-refractivity contribution >= 4 is 46.5 Å². The Bertz CT molecular complexity index is 1350. The lowest BCUT2D eigenvalue weighted by Crippen LogP contribution is -2.26. The normalized spacial score (nSPS) is 24.4. The van der Waals surface area contributed by atoms with Crippen molar-refractivity contribution < 1.29 is 56.3 Å². The summed E-state index contributed by atoms with van der Waals surface area (Å²) >= 11 is 0. The van der Waals surface area contributed by atoms with Crippen LogP contribution < -0.4 is 11.3 Å². The van der Waals surface area contributed by atoms with Gasteiger partial charge in [0.15, 0.2) is 11.2 Å². The van der Waals surface area contributed by atoms with Crippen molar-refractivity contribution in [1.82, 2.24) is 19.5 Å². The van der Waals surface area contributed by atoms with E-state index in [1.807, 2.05) is 0 Å². The van der Waals surface area contributed by atoms with Crippen LogP contribution in [-0.2, 0) is 31.6 Å². The van der Waals surface area contributed by atoms with Crippen molar-refractivity contribution in [1.29, 1.82) is 0 Å². The molecule has 188 valence electrons.